The first-order valence-corrected chi connectivity index (χ1v) is 5.67. The number of nitrogens with zero attached hydrogens (tertiary/aromatic N) is 2. The highest BCUT2D eigenvalue weighted by atomic mass is 16.4. The third-order valence-corrected chi connectivity index (χ3v) is 2.86. The van der Waals surface area contributed by atoms with Gasteiger partial charge in [0.15, 0.2) is 0 Å². The first-order valence-electron chi connectivity index (χ1n) is 5.67. The molecule has 2 heterocycles. The van der Waals surface area contributed by atoms with Crippen LogP contribution < -0.4 is 0 Å². The molecule has 16 heavy (non-hydrogen) atoms. The summed E-state index contributed by atoms with van der Waals surface area (Å²) in [7, 11) is 0. The highest BCUT2D eigenvalue weighted by Gasteiger charge is 2.12. The minimum absolute atomic E-state index is 0.134. The summed E-state index contributed by atoms with van der Waals surface area (Å²) >= 11 is 0. The van der Waals surface area contributed by atoms with E-state index in [1.165, 1.54) is 25.3 Å². The van der Waals surface area contributed by atoms with Crippen molar-refractivity contribution in [1.29, 1.82) is 0 Å². The molecule has 1 saturated heterocycles. The van der Waals surface area contributed by atoms with Gasteiger partial charge in [0.1, 0.15) is 5.69 Å². The summed E-state index contributed by atoms with van der Waals surface area (Å²) in [6.45, 7) is 2.96. The Morgan fingerprint density at radius 1 is 1.31 bits per heavy atom. The maximum Gasteiger partial charge on any atom is 0.354 e. The van der Waals surface area contributed by atoms with E-state index in [4.69, 9.17) is 5.11 Å². The van der Waals surface area contributed by atoms with Crippen LogP contribution in [0.1, 0.15) is 35.4 Å². The van der Waals surface area contributed by atoms with Crippen molar-refractivity contribution in [3.63, 3.8) is 0 Å². The zero-order valence-corrected chi connectivity index (χ0v) is 9.22. The van der Waals surface area contributed by atoms with Crippen molar-refractivity contribution in [3.05, 3.63) is 29.6 Å². The minimum Gasteiger partial charge on any atom is -0.477 e. The molecule has 1 aromatic rings. The van der Waals surface area contributed by atoms with E-state index in [0.717, 1.165) is 25.3 Å². The van der Waals surface area contributed by atoms with Crippen LogP contribution in [0.4, 0.5) is 0 Å². The van der Waals surface area contributed by atoms with Crippen molar-refractivity contribution in [2.45, 2.75) is 25.8 Å². The fourth-order valence-electron chi connectivity index (χ4n) is 2.03. The second kappa shape index (κ2) is 5.07. The Morgan fingerprint density at radius 2 is 2.06 bits per heavy atom. The Labute approximate surface area is 94.9 Å². The normalized spacial score (nSPS) is 17.2. The molecule has 1 aliphatic heterocycles. The number of pyridine rings is 1. The summed E-state index contributed by atoms with van der Waals surface area (Å²) < 4.78 is 0. The number of piperidine rings is 1. The van der Waals surface area contributed by atoms with Gasteiger partial charge < -0.3 is 5.11 Å². The van der Waals surface area contributed by atoms with Crippen LogP contribution in [0.3, 0.4) is 0 Å². The minimum atomic E-state index is -0.958. The van der Waals surface area contributed by atoms with Gasteiger partial charge in [0, 0.05) is 6.54 Å². The van der Waals surface area contributed by atoms with Crippen LogP contribution in [0.2, 0.25) is 0 Å². The fraction of sp³-hybridized carbons (Fsp3) is 0.500. The van der Waals surface area contributed by atoms with Gasteiger partial charge in [-0.3, -0.25) is 4.90 Å². The van der Waals surface area contributed by atoms with Crippen molar-refractivity contribution in [1.82, 2.24) is 9.88 Å². The summed E-state index contributed by atoms with van der Waals surface area (Å²) in [5.74, 6) is -0.958. The van der Waals surface area contributed by atoms with Gasteiger partial charge in [0.2, 0.25) is 0 Å². The maximum absolute atomic E-state index is 10.8. The van der Waals surface area contributed by atoms with Crippen molar-refractivity contribution in [2.75, 3.05) is 13.1 Å². The maximum atomic E-state index is 10.8. The number of likely N-dealkylation sites (tertiary alicyclic amines) is 1. The van der Waals surface area contributed by atoms with Crippen LogP contribution in [0.15, 0.2) is 18.2 Å². The van der Waals surface area contributed by atoms with E-state index in [9.17, 15) is 4.79 Å². The van der Waals surface area contributed by atoms with E-state index >= 15 is 0 Å². The lowest BCUT2D eigenvalue weighted by atomic mass is 10.1. The van der Waals surface area contributed by atoms with E-state index in [2.05, 4.69) is 9.88 Å². The Balaban J connectivity index is 2.02. The van der Waals surface area contributed by atoms with Crippen LogP contribution in [0, 0.1) is 0 Å². The molecule has 0 amide bonds. The van der Waals surface area contributed by atoms with Gasteiger partial charge in [-0.2, -0.15) is 0 Å². The molecule has 2 rings (SSSR count). The molecule has 86 valence electrons. The van der Waals surface area contributed by atoms with Crippen LogP contribution in [0.5, 0.6) is 0 Å². The van der Waals surface area contributed by atoms with Crippen LogP contribution in [-0.2, 0) is 6.54 Å². The molecule has 0 bridgehead atoms. The van der Waals surface area contributed by atoms with Crippen molar-refractivity contribution in [2.24, 2.45) is 0 Å². The molecule has 0 atom stereocenters. The molecule has 4 nitrogen and oxygen atoms in total. The number of carboxylic acid groups (broad SMARTS) is 1. The first kappa shape index (κ1) is 11.1. The second-order valence-electron chi connectivity index (χ2n) is 4.16. The summed E-state index contributed by atoms with van der Waals surface area (Å²) in [6.07, 6.45) is 3.77. The Hall–Kier alpha value is -1.42. The Kier molecular flexibility index (Phi) is 3.51. The van der Waals surface area contributed by atoms with E-state index < -0.39 is 5.97 Å². The number of aromatic nitrogens is 1. The van der Waals surface area contributed by atoms with Gasteiger partial charge in [-0.05, 0) is 38.1 Å². The number of aromatic carboxylic acids is 1. The van der Waals surface area contributed by atoms with E-state index in [0.29, 0.717) is 0 Å². The number of carboxylic acids is 1. The highest BCUT2D eigenvalue weighted by Crippen LogP contribution is 2.12. The van der Waals surface area contributed by atoms with Crippen LogP contribution >= 0.6 is 0 Å². The van der Waals surface area contributed by atoms with Gasteiger partial charge >= 0.3 is 5.97 Å². The molecule has 0 aliphatic carbocycles. The van der Waals surface area contributed by atoms with Gasteiger partial charge in [-0.25, -0.2) is 9.78 Å². The topological polar surface area (TPSA) is 53.4 Å². The standard InChI is InChI=1S/C12H16N2O2/c15-12(16)11-6-4-5-10(13-11)9-14-7-2-1-3-8-14/h4-6H,1-3,7-9H2,(H,15,16). The summed E-state index contributed by atoms with van der Waals surface area (Å²) in [6, 6.07) is 5.18. The van der Waals surface area contributed by atoms with E-state index in [-0.39, 0.29) is 5.69 Å². The third-order valence-electron chi connectivity index (χ3n) is 2.86. The average Bonchev–Trinajstić information content (AvgIpc) is 2.30. The molecule has 0 saturated carbocycles. The van der Waals surface area contributed by atoms with E-state index in [1.54, 1.807) is 6.07 Å². The second-order valence-corrected chi connectivity index (χ2v) is 4.16. The van der Waals surface area contributed by atoms with Crippen LogP contribution in [0.25, 0.3) is 0 Å². The largest absolute Gasteiger partial charge is 0.477 e. The van der Waals surface area contributed by atoms with Crippen molar-refractivity contribution in [3.8, 4) is 0 Å². The van der Waals surface area contributed by atoms with Crippen LogP contribution in [-0.4, -0.2) is 34.0 Å². The molecular weight excluding hydrogens is 204 g/mol. The average molecular weight is 220 g/mol. The molecule has 1 aromatic heterocycles. The van der Waals surface area contributed by atoms with Crippen molar-refractivity contribution < 1.29 is 9.90 Å². The quantitative estimate of drug-likeness (QED) is 0.843. The van der Waals surface area contributed by atoms with Crippen molar-refractivity contribution >= 4 is 5.97 Å². The van der Waals surface area contributed by atoms with Gasteiger partial charge in [-0.15, -0.1) is 0 Å². The predicted octanol–water partition coefficient (Wildman–Crippen LogP) is 1.77. The zero-order chi connectivity index (χ0) is 11.4. The molecule has 0 unspecified atom stereocenters. The monoisotopic (exact) mass is 220 g/mol. The molecule has 1 N–H and O–H groups in total. The molecule has 1 aliphatic rings. The SMILES string of the molecule is O=C(O)c1cccc(CN2CCCCC2)n1. The number of hydrogen-bond donors (Lipinski definition) is 1. The van der Waals surface area contributed by atoms with Gasteiger partial charge in [0.25, 0.3) is 0 Å². The molecule has 1 fully saturated rings. The first-order chi connectivity index (χ1) is 7.75. The zero-order valence-electron chi connectivity index (χ0n) is 9.22. The summed E-state index contributed by atoms with van der Waals surface area (Å²) in [5, 5.41) is 8.84. The number of hydrogen-bond acceptors (Lipinski definition) is 3. The summed E-state index contributed by atoms with van der Waals surface area (Å²) in [5.41, 5.74) is 0.983. The fourth-order valence-corrected chi connectivity index (χ4v) is 2.03. The molecule has 0 spiro atoms. The molecular formula is C12H16N2O2. The molecule has 0 radical (unpaired) electrons. The molecule has 4 heteroatoms. The third kappa shape index (κ3) is 2.79. The van der Waals surface area contributed by atoms with E-state index in [1.807, 2.05) is 6.07 Å². The predicted molar refractivity (Wildman–Crippen MR) is 60.3 cm³/mol. The lowest BCUT2D eigenvalue weighted by molar-refractivity contribution is 0.0690. The number of carbonyl (C=O) groups is 1. The lowest BCUT2D eigenvalue weighted by Crippen LogP contribution is -2.29. The lowest BCUT2D eigenvalue weighted by Gasteiger charge is -2.25. The highest BCUT2D eigenvalue weighted by molar-refractivity contribution is 5.85. The van der Waals surface area contributed by atoms with Gasteiger partial charge in [0.05, 0.1) is 5.69 Å². The summed E-state index contributed by atoms with van der Waals surface area (Å²) in [4.78, 5) is 17.2. The Bertz CT molecular complexity index is 373. The van der Waals surface area contributed by atoms with Gasteiger partial charge in [-0.1, -0.05) is 12.5 Å². The smallest absolute Gasteiger partial charge is 0.354 e. The number of rotatable bonds is 3. The Morgan fingerprint density at radius 3 is 2.75 bits per heavy atom. The molecule has 0 aromatic carbocycles.